The zero-order valence-electron chi connectivity index (χ0n) is 39.7. The number of benzene rings is 2. The highest BCUT2D eigenvalue weighted by molar-refractivity contribution is 7.21. The van der Waals surface area contributed by atoms with Gasteiger partial charge in [0.15, 0.2) is 0 Å². The van der Waals surface area contributed by atoms with Crippen LogP contribution in [0.5, 0.6) is 11.5 Å². The van der Waals surface area contributed by atoms with Crippen molar-refractivity contribution in [1.29, 1.82) is 0 Å². The molecule has 8 rings (SSSR count). The first kappa shape index (κ1) is 58.1. The van der Waals surface area contributed by atoms with Gasteiger partial charge in [0, 0.05) is 22.3 Å². The largest absolute Gasteiger partial charge is 0.496 e. The Bertz CT molecular complexity index is 3350. The third kappa shape index (κ3) is 10.3. The number of aliphatic carboxylic acids is 1. The van der Waals surface area contributed by atoms with Crippen molar-refractivity contribution in [2.75, 3.05) is 14.2 Å². The van der Waals surface area contributed by atoms with E-state index in [4.69, 9.17) is 15.2 Å². The Morgan fingerprint density at radius 2 is 1.03 bits per heavy atom. The van der Waals surface area contributed by atoms with Gasteiger partial charge in [-0.3, -0.25) is 23.5 Å². The molecule has 0 spiro atoms. The molecule has 0 aliphatic carbocycles. The number of aliphatic hydroxyl groups excluding tert-OH is 2. The Labute approximate surface area is 426 Å². The molecule has 2 atom stereocenters. The highest BCUT2D eigenvalue weighted by Gasteiger charge is 2.37. The minimum atomic E-state index is -1.90. The van der Waals surface area contributed by atoms with Gasteiger partial charge in [-0.05, 0) is 77.9 Å². The van der Waals surface area contributed by atoms with Gasteiger partial charge < -0.3 is 36.7 Å². The maximum atomic E-state index is 13.9. The molecule has 8 N–H and O–H groups in total. The molecular formula is C45H53ClF2N12O11S2. The Balaban J connectivity index is 0.000000304. The zero-order chi connectivity index (χ0) is 51.3. The first-order valence-corrected chi connectivity index (χ1v) is 22.5. The van der Waals surface area contributed by atoms with E-state index < -0.39 is 75.8 Å². The number of nitrogens with zero attached hydrogens (tertiary/aromatic N) is 10. The summed E-state index contributed by atoms with van der Waals surface area (Å²) in [5.74, 6) is -3.08. The van der Waals surface area contributed by atoms with E-state index in [2.05, 4.69) is 20.4 Å². The Morgan fingerprint density at radius 3 is 1.34 bits per heavy atom. The number of hydrogen-bond donors (Lipinski definition) is 5. The molecule has 392 valence electrons. The lowest BCUT2D eigenvalue weighted by Gasteiger charge is -2.25. The summed E-state index contributed by atoms with van der Waals surface area (Å²) in [7, 11) is 2.73. The maximum Gasteiger partial charge on any atom is 0.333 e. The van der Waals surface area contributed by atoms with E-state index in [0.717, 1.165) is 43.9 Å². The predicted octanol–water partition coefficient (Wildman–Crippen LogP) is 4.25. The number of ether oxygens (including phenoxy) is 2. The third-order valence-electron chi connectivity index (χ3n) is 11.6. The number of rotatable bonds is 14. The van der Waals surface area contributed by atoms with Crippen LogP contribution in [0.4, 0.5) is 8.78 Å². The number of aryl methyl sites for hydroxylation is 2. The number of aliphatic hydroxyl groups is 2. The van der Waals surface area contributed by atoms with Crippen LogP contribution in [0.3, 0.4) is 0 Å². The third-order valence-corrected chi connectivity index (χ3v) is 14.2. The summed E-state index contributed by atoms with van der Waals surface area (Å²) in [6, 6.07) is 7.25. The molecule has 0 fully saturated rings. The number of amides is 1. The number of halogens is 3. The SMILES string of the molecule is C.COc1ccc(F)cc1[C@@H](O)Cn1c(=O)n(C(C)(C)C(=O)O)c(=O)c2c(C)c(-n3nccn3)sc21.COc1ccc(F)cc1[C@@H](O)Cn1c(=O)n(C(C)(C)C(N)=O)c(=O)c2c(C)c(-n3nccn3)sc21.Cl.N. The molecule has 6 aromatic heterocycles. The number of thiophene rings is 2. The lowest BCUT2D eigenvalue weighted by molar-refractivity contribution is -0.146. The van der Waals surface area contributed by atoms with Gasteiger partial charge in [0.2, 0.25) is 5.91 Å². The topological polar surface area (TPSA) is 324 Å². The molecule has 0 radical (unpaired) electrons. The van der Waals surface area contributed by atoms with Gasteiger partial charge in [0.25, 0.3) is 11.1 Å². The number of nitrogens with two attached hydrogens (primary N) is 1. The number of carboxylic acids is 1. The predicted molar refractivity (Wildman–Crippen MR) is 270 cm³/mol. The van der Waals surface area contributed by atoms with Crippen LogP contribution in [0.2, 0.25) is 0 Å². The number of fused-ring (bicyclic) bond motifs is 2. The Hall–Kier alpha value is -7.43. The van der Waals surface area contributed by atoms with Gasteiger partial charge in [0.05, 0.1) is 62.9 Å². The molecule has 8 aromatic rings. The molecule has 6 heterocycles. The summed E-state index contributed by atoms with van der Waals surface area (Å²) in [5, 5.41) is 49.3. The van der Waals surface area contributed by atoms with Crippen molar-refractivity contribution in [2.45, 2.75) is 85.3 Å². The number of aromatic nitrogens is 10. The number of carbonyl (C=O) groups is 2. The van der Waals surface area contributed by atoms with Gasteiger partial charge in [-0.15, -0.1) is 22.0 Å². The molecule has 0 saturated heterocycles. The number of hydrogen-bond acceptors (Lipinski definition) is 17. The fourth-order valence-electron chi connectivity index (χ4n) is 7.68. The second-order valence-corrected chi connectivity index (χ2v) is 18.7. The fourth-order valence-corrected chi connectivity index (χ4v) is 10.1. The minimum Gasteiger partial charge on any atom is -0.496 e. The molecular weight excluding hydrogens is 1020 g/mol. The second kappa shape index (κ2) is 22.1. The summed E-state index contributed by atoms with van der Waals surface area (Å²) in [6.07, 6.45) is 3.01. The average molecular weight is 1080 g/mol. The molecule has 0 saturated carbocycles. The summed E-state index contributed by atoms with van der Waals surface area (Å²) < 4.78 is 42.0. The van der Waals surface area contributed by atoms with Gasteiger partial charge in [-0.2, -0.15) is 20.4 Å². The number of carbonyl (C=O) groups excluding carboxylic acids is 1. The van der Waals surface area contributed by atoms with Crippen molar-refractivity contribution < 1.29 is 43.2 Å². The highest BCUT2D eigenvalue weighted by Crippen LogP contribution is 2.35. The average Bonchev–Trinajstić information content (AvgIpc) is 4.14. The van der Waals surface area contributed by atoms with E-state index in [1.165, 1.54) is 105 Å². The molecule has 23 nitrogen and oxygen atoms in total. The molecule has 73 heavy (non-hydrogen) atoms. The number of carboxylic acid groups (broad SMARTS) is 1. The van der Waals surface area contributed by atoms with Crippen molar-refractivity contribution in [3.05, 3.63) is 137 Å². The van der Waals surface area contributed by atoms with Gasteiger partial charge >= 0.3 is 17.3 Å². The smallest absolute Gasteiger partial charge is 0.333 e. The van der Waals surface area contributed by atoms with E-state index in [1.54, 1.807) is 13.8 Å². The quantitative estimate of drug-likeness (QED) is 0.102. The first-order valence-electron chi connectivity index (χ1n) is 20.9. The Morgan fingerprint density at radius 1 is 0.685 bits per heavy atom. The number of primary amides is 1. The first-order chi connectivity index (χ1) is 33.0. The van der Waals surface area contributed by atoms with Crippen molar-refractivity contribution in [3.63, 3.8) is 0 Å². The van der Waals surface area contributed by atoms with Crippen LogP contribution in [0.15, 0.2) is 80.4 Å². The summed E-state index contributed by atoms with van der Waals surface area (Å²) in [4.78, 5) is 81.4. The lowest BCUT2D eigenvalue weighted by atomic mass is 10.0. The molecule has 0 aliphatic rings. The molecule has 0 bridgehead atoms. The maximum absolute atomic E-state index is 13.9. The summed E-state index contributed by atoms with van der Waals surface area (Å²) in [6.45, 7) is 7.72. The van der Waals surface area contributed by atoms with Gasteiger partial charge in [-0.25, -0.2) is 32.3 Å². The van der Waals surface area contributed by atoms with Gasteiger partial charge in [-0.1, -0.05) is 30.1 Å². The Kier molecular flexibility index (Phi) is 17.6. The van der Waals surface area contributed by atoms with E-state index in [0.29, 0.717) is 25.7 Å². The van der Waals surface area contributed by atoms with Crippen LogP contribution in [-0.2, 0) is 33.8 Å². The van der Waals surface area contributed by atoms with Crippen LogP contribution in [0.25, 0.3) is 30.4 Å². The van der Waals surface area contributed by atoms with E-state index in [-0.39, 0.29) is 75.6 Å². The molecule has 2 aromatic carbocycles. The van der Waals surface area contributed by atoms with Crippen LogP contribution in [0, 0.1) is 25.5 Å². The standard InChI is InChI=1S/C22H23FN6O5S.C22H22FN5O6S.CH4.ClH.H3N/c1-11-16-17(31)28(22(2,3)20(24)32)21(33)27(19(16)35-18(11)29-25-7-8-26-29)10-14(30)13-9-12(23)5-6-15(13)34-4;1-11-16-17(30)27(22(2,3)20(31)32)21(33)26(19(16)35-18(11)28-24-7-8-25-28)10-14(29)13-9-12(23)5-6-15(13)34-4;;;/h5-9,14,30H,10H2,1-4H3,(H2,24,32);5-9,14,29H,10H2,1-4H3,(H,31,32);1H4;1H;1H3/t2*14-;;;/m00.../s1. The normalized spacial score (nSPS) is 12.2. The number of methoxy groups -OCH3 is 2. The monoisotopic (exact) mass is 1070 g/mol. The zero-order valence-corrected chi connectivity index (χ0v) is 42.1. The van der Waals surface area contributed by atoms with Crippen molar-refractivity contribution in [2.24, 2.45) is 5.73 Å². The van der Waals surface area contributed by atoms with Gasteiger partial charge in [0.1, 0.15) is 66.1 Å². The summed E-state index contributed by atoms with van der Waals surface area (Å²) >= 11 is 2.11. The van der Waals surface area contributed by atoms with Crippen LogP contribution in [0.1, 0.15) is 69.6 Å². The molecule has 0 aliphatic heterocycles. The fraction of sp³-hybridized carbons (Fsp3) is 0.333. The van der Waals surface area contributed by atoms with E-state index in [9.17, 15) is 52.9 Å². The van der Waals surface area contributed by atoms with Crippen LogP contribution in [-0.4, -0.2) is 89.7 Å². The van der Waals surface area contributed by atoms with Crippen molar-refractivity contribution in [1.82, 2.24) is 54.4 Å². The highest BCUT2D eigenvalue weighted by atomic mass is 35.5. The van der Waals surface area contributed by atoms with Crippen LogP contribution >= 0.6 is 35.1 Å². The van der Waals surface area contributed by atoms with E-state index in [1.807, 2.05) is 0 Å². The summed E-state index contributed by atoms with van der Waals surface area (Å²) in [5.41, 5.74) is -0.237. The lowest BCUT2D eigenvalue weighted by Crippen LogP contribution is -2.54. The van der Waals surface area contributed by atoms with Crippen molar-refractivity contribution in [3.8, 4) is 21.5 Å². The molecule has 1 amide bonds. The minimum absolute atomic E-state index is 0. The molecule has 0 unspecified atom stereocenters. The van der Waals surface area contributed by atoms with E-state index >= 15 is 0 Å². The second-order valence-electron chi connectivity index (χ2n) is 16.7. The molecule has 28 heteroatoms. The van der Waals surface area contributed by atoms with Crippen LogP contribution < -0.4 is 43.9 Å². The van der Waals surface area contributed by atoms with Crippen molar-refractivity contribution >= 4 is 67.4 Å².